The third kappa shape index (κ3) is 2.38. The van der Waals surface area contributed by atoms with Crippen molar-refractivity contribution in [2.24, 2.45) is 5.92 Å². The summed E-state index contributed by atoms with van der Waals surface area (Å²) in [6.07, 6.45) is 2.97. The van der Waals surface area contributed by atoms with Crippen molar-refractivity contribution in [3.63, 3.8) is 0 Å². The normalized spacial score (nSPS) is 16.0. The van der Waals surface area contributed by atoms with Gasteiger partial charge in [-0.1, -0.05) is 20.3 Å². The van der Waals surface area contributed by atoms with Crippen LogP contribution in [-0.4, -0.2) is 24.4 Å². The van der Waals surface area contributed by atoms with Crippen LogP contribution in [0.1, 0.15) is 27.2 Å². The molecule has 1 radical (unpaired) electrons. The van der Waals surface area contributed by atoms with E-state index in [-0.39, 0.29) is 0 Å². The van der Waals surface area contributed by atoms with Crippen molar-refractivity contribution in [2.75, 3.05) is 7.05 Å². The van der Waals surface area contributed by atoms with Crippen molar-refractivity contribution in [1.29, 1.82) is 0 Å². The lowest BCUT2D eigenvalue weighted by Gasteiger charge is -2.24. The fourth-order valence-corrected chi connectivity index (χ4v) is 0.806. The van der Waals surface area contributed by atoms with Gasteiger partial charge in [0.25, 0.3) is 0 Å². The quantitative estimate of drug-likeness (QED) is 0.544. The summed E-state index contributed by atoms with van der Waals surface area (Å²) < 4.78 is 0. The second-order valence-electron chi connectivity index (χ2n) is 2.83. The van der Waals surface area contributed by atoms with E-state index in [0.717, 1.165) is 6.42 Å². The molecular formula is C8H16NO. The first-order chi connectivity index (χ1) is 4.63. The van der Waals surface area contributed by atoms with Crippen LogP contribution in [0.25, 0.3) is 0 Å². The van der Waals surface area contributed by atoms with E-state index in [0.29, 0.717) is 12.0 Å². The lowest BCUT2D eigenvalue weighted by molar-refractivity contribution is 0.275. The van der Waals surface area contributed by atoms with Crippen molar-refractivity contribution in [1.82, 2.24) is 4.90 Å². The maximum Gasteiger partial charge on any atom is 0.312 e. The number of hydrogen-bond donors (Lipinski definition) is 0. The highest BCUT2D eigenvalue weighted by Crippen LogP contribution is 2.10. The zero-order valence-electron chi connectivity index (χ0n) is 7.22. The summed E-state index contributed by atoms with van der Waals surface area (Å²) in [6, 6.07) is 0.308. The van der Waals surface area contributed by atoms with Gasteiger partial charge >= 0.3 is 6.41 Å². The molecule has 2 atom stereocenters. The molecule has 0 heterocycles. The molecule has 0 saturated heterocycles. The summed E-state index contributed by atoms with van der Waals surface area (Å²) in [7, 11) is 1.77. The van der Waals surface area contributed by atoms with Gasteiger partial charge in [0.2, 0.25) is 0 Å². The summed E-state index contributed by atoms with van der Waals surface area (Å²) in [5.41, 5.74) is 0. The van der Waals surface area contributed by atoms with Crippen LogP contribution in [0.4, 0.5) is 0 Å². The third-order valence-electron chi connectivity index (χ3n) is 2.22. The second-order valence-corrected chi connectivity index (χ2v) is 2.83. The molecule has 0 aromatic carbocycles. The molecule has 0 saturated carbocycles. The molecular weight excluding hydrogens is 126 g/mol. The van der Waals surface area contributed by atoms with Crippen molar-refractivity contribution in [3.05, 3.63) is 0 Å². The van der Waals surface area contributed by atoms with Gasteiger partial charge in [-0.3, -0.25) is 4.79 Å². The summed E-state index contributed by atoms with van der Waals surface area (Å²) >= 11 is 0. The molecule has 0 N–H and O–H groups in total. The first-order valence-corrected chi connectivity index (χ1v) is 3.74. The van der Waals surface area contributed by atoms with Crippen LogP contribution in [0.5, 0.6) is 0 Å². The van der Waals surface area contributed by atoms with Gasteiger partial charge < -0.3 is 4.90 Å². The Bertz CT molecular complexity index is 103. The van der Waals surface area contributed by atoms with Gasteiger partial charge in [0.15, 0.2) is 0 Å². The predicted octanol–water partition coefficient (Wildman–Crippen LogP) is 1.42. The van der Waals surface area contributed by atoms with Gasteiger partial charge in [-0.15, -0.1) is 0 Å². The first kappa shape index (κ1) is 9.47. The van der Waals surface area contributed by atoms with E-state index in [9.17, 15) is 4.79 Å². The molecule has 59 valence electrons. The largest absolute Gasteiger partial charge is 0.335 e. The lowest BCUT2D eigenvalue weighted by Crippen LogP contribution is -2.32. The van der Waals surface area contributed by atoms with Crippen molar-refractivity contribution in [3.8, 4) is 0 Å². The second kappa shape index (κ2) is 4.31. The number of nitrogens with zero attached hydrogens (tertiary/aromatic N) is 1. The Balaban J connectivity index is 3.80. The van der Waals surface area contributed by atoms with E-state index in [1.165, 1.54) is 0 Å². The van der Waals surface area contributed by atoms with Crippen LogP contribution in [0, 0.1) is 5.92 Å². The Kier molecular flexibility index (Phi) is 4.08. The molecule has 0 aromatic rings. The highest BCUT2D eigenvalue weighted by molar-refractivity contribution is 5.47. The Morgan fingerprint density at radius 1 is 1.50 bits per heavy atom. The fraction of sp³-hybridized carbons (Fsp3) is 0.875. The minimum atomic E-state index is 0.308. The topological polar surface area (TPSA) is 20.3 Å². The summed E-state index contributed by atoms with van der Waals surface area (Å²) in [5, 5.41) is 0. The minimum Gasteiger partial charge on any atom is -0.335 e. The van der Waals surface area contributed by atoms with E-state index in [1.54, 1.807) is 11.9 Å². The van der Waals surface area contributed by atoms with Gasteiger partial charge in [0.1, 0.15) is 0 Å². The molecule has 10 heavy (non-hydrogen) atoms. The van der Waals surface area contributed by atoms with E-state index >= 15 is 0 Å². The highest BCUT2D eigenvalue weighted by atomic mass is 16.1. The molecule has 2 heteroatoms. The first-order valence-electron chi connectivity index (χ1n) is 3.74. The summed E-state index contributed by atoms with van der Waals surface area (Å²) in [4.78, 5) is 11.8. The minimum absolute atomic E-state index is 0.308. The Labute approximate surface area is 63.2 Å². The monoisotopic (exact) mass is 142 g/mol. The maximum absolute atomic E-state index is 10.2. The number of amides is 1. The predicted molar refractivity (Wildman–Crippen MR) is 42.4 cm³/mol. The van der Waals surface area contributed by atoms with Crippen LogP contribution in [-0.2, 0) is 4.79 Å². The smallest absolute Gasteiger partial charge is 0.312 e. The number of rotatable bonds is 4. The number of carbonyl (C=O) groups excluding carboxylic acids is 1. The lowest BCUT2D eigenvalue weighted by atomic mass is 10.0. The Hall–Kier alpha value is -0.530. The van der Waals surface area contributed by atoms with Gasteiger partial charge in [0.05, 0.1) is 0 Å². The maximum atomic E-state index is 10.2. The highest BCUT2D eigenvalue weighted by Gasteiger charge is 2.13. The van der Waals surface area contributed by atoms with Crippen molar-refractivity contribution < 1.29 is 4.79 Å². The molecule has 0 aliphatic carbocycles. The molecule has 0 aliphatic rings. The van der Waals surface area contributed by atoms with Crippen LogP contribution < -0.4 is 0 Å². The van der Waals surface area contributed by atoms with E-state index < -0.39 is 0 Å². The molecule has 1 amide bonds. The molecule has 0 aromatic heterocycles. The summed E-state index contributed by atoms with van der Waals surface area (Å²) in [6.45, 7) is 6.30. The molecule has 2 unspecified atom stereocenters. The van der Waals surface area contributed by atoms with E-state index in [4.69, 9.17) is 0 Å². The molecule has 0 bridgehead atoms. The molecule has 2 nitrogen and oxygen atoms in total. The summed E-state index contributed by atoms with van der Waals surface area (Å²) in [5.74, 6) is 0.562. The van der Waals surface area contributed by atoms with Gasteiger partial charge in [-0.25, -0.2) is 0 Å². The Morgan fingerprint density at radius 3 is 2.30 bits per heavy atom. The zero-order valence-corrected chi connectivity index (χ0v) is 7.22. The molecule has 0 fully saturated rings. The molecule has 0 rings (SSSR count). The van der Waals surface area contributed by atoms with Gasteiger partial charge in [0, 0.05) is 13.1 Å². The number of hydrogen-bond acceptors (Lipinski definition) is 1. The van der Waals surface area contributed by atoms with Crippen molar-refractivity contribution in [2.45, 2.75) is 33.2 Å². The van der Waals surface area contributed by atoms with Crippen LogP contribution in [0.2, 0.25) is 0 Å². The van der Waals surface area contributed by atoms with Crippen LogP contribution in [0.3, 0.4) is 0 Å². The third-order valence-corrected chi connectivity index (χ3v) is 2.22. The molecule has 0 aliphatic heterocycles. The van der Waals surface area contributed by atoms with E-state index in [2.05, 4.69) is 13.8 Å². The Morgan fingerprint density at radius 2 is 2.00 bits per heavy atom. The average Bonchev–Trinajstić information content (AvgIpc) is 2.00. The van der Waals surface area contributed by atoms with Gasteiger partial charge in [-0.2, -0.15) is 0 Å². The average molecular weight is 142 g/mol. The SMILES string of the molecule is CCC(C)C(C)N(C)[C]=O. The van der Waals surface area contributed by atoms with E-state index in [1.807, 2.05) is 13.3 Å². The van der Waals surface area contributed by atoms with Crippen LogP contribution >= 0.6 is 0 Å². The zero-order chi connectivity index (χ0) is 8.15. The van der Waals surface area contributed by atoms with Crippen LogP contribution in [0.15, 0.2) is 0 Å². The van der Waals surface area contributed by atoms with Crippen molar-refractivity contribution >= 4 is 6.41 Å². The molecule has 0 spiro atoms. The van der Waals surface area contributed by atoms with Gasteiger partial charge in [-0.05, 0) is 12.8 Å². The standard InChI is InChI=1S/C8H16NO/c1-5-7(2)8(3)9(4)6-10/h7-8H,5H2,1-4H3. The fourth-order valence-electron chi connectivity index (χ4n) is 0.806.